The molecule has 0 saturated carbocycles. The van der Waals surface area contributed by atoms with E-state index < -0.39 is 0 Å². The predicted octanol–water partition coefficient (Wildman–Crippen LogP) is 3.88. The zero-order chi connectivity index (χ0) is 14.7. The van der Waals surface area contributed by atoms with Crippen LogP contribution in [0, 0.1) is 11.3 Å². The zero-order valence-electron chi connectivity index (χ0n) is 11.2. The summed E-state index contributed by atoms with van der Waals surface area (Å²) in [6.45, 7) is 2.68. The van der Waals surface area contributed by atoms with Gasteiger partial charge in [0.25, 0.3) is 0 Å². The number of nitrogens with zero attached hydrogens (tertiary/aromatic N) is 3. The summed E-state index contributed by atoms with van der Waals surface area (Å²) in [7, 11) is 1.92. The van der Waals surface area contributed by atoms with Gasteiger partial charge in [-0.05, 0) is 40.5 Å². The average Bonchev–Trinajstić information content (AvgIpc) is 2.72. The number of nitriles is 1. The van der Waals surface area contributed by atoms with Gasteiger partial charge in [-0.2, -0.15) is 10.4 Å². The first kappa shape index (κ1) is 14.9. The third kappa shape index (κ3) is 2.97. The van der Waals surface area contributed by atoms with Gasteiger partial charge in [0.1, 0.15) is 0 Å². The normalized spacial score (nSPS) is 10.3. The molecule has 2 rings (SSSR count). The molecule has 1 aromatic carbocycles. The van der Waals surface area contributed by atoms with Crippen LogP contribution in [0.1, 0.15) is 23.9 Å². The minimum Gasteiger partial charge on any atom is -0.378 e. The Labute approximate surface area is 131 Å². The second-order valence-electron chi connectivity index (χ2n) is 4.34. The van der Waals surface area contributed by atoms with Crippen molar-refractivity contribution >= 4 is 33.2 Å². The van der Waals surface area contributed by atoms with Gasteiger partial charge in [0.05, 0.1) is 44.7 Å². The van der Waals surface area contributed by atoms with Crippen LogP contribution in [-0.2, 0) is 20.0 Å². The Balaban J connectivity index is 2.17. The van der Waals surface area contributed by atoms with Crippen molar-refractivity contribution in [2.75, 3.05) is 5.32 Å². The molecule has 0 aliphatic rings. The molecule has 1 N–H and O–H groups in total. The highest BCUT2D eigenvalue weighted by Crippen LogP contribution is 2.26. The highest BCUT2D eigenvalue weighted by molar-refractivity contribution is 9.10. The van der Waals surface area contributed by atoms with Gasteiger partial charge in [-0.15, -0.1) is 0 Å². The van der Waals surface area contributed by atoms with Gasteiger partial charge in [-0.25, -0.2) is 0 Å². The van der Waals surface area contributed by atoms with Gasteiger partial charge in [-0.1, -0.05) is 18.5 Å². The van der Waals surface area contributed by atoms with Gasteiger partial charge in [-0.3, -0.25) is 4.68 Å². The maximum absolute atomic E-state index is 8.82. The summed E-state index contributed by atoms with van der Waals surface area (Å²) in [5.41, 5.74) is 3.45. The first-order valence-corrected chi connectivity index (χ1v) is 7.37. The lowest BCUT2D eigenvalue weighted by molar-refractivity contribution is 0.706. The topological polar surface area (TPSA) is 53.6 Å². The number of halogens is 2. The third-order valence-corrected chi connectivity index (χ3v) is 4.28. The molecule has 0 fully saturated rings. The van der Waals surface area contributed by atoms with Crippen molar-refractivity contribution in [3.63, 3.8) is 0 Å². The average molecular weight is 354 g/mol. The Morgan fingerprint density at radius 2 is 2.25 bits per heavy atom. The molecular weight excluding hydrogens is 340 g/mol. The van der Waals surface area contributed by atoms with E-state index in [-0.39, 0.29) is 0 Å². The first-order valence-electron chi connectivity index (χ1n) is 6.20. The van der Waals surface area contributed by atoms with Crippen LogP contribution in [0.25, 0.3) is 0 Å². The Morgan fingerprint density at radius 1 is 1.50 bits per heavy atom. The lowest BCUT2D eigenvalue weighted by atomic mass is 10.2. The molecule has 0 unspecified atom stereocenters. The zero-order valence-corrected chi connectivity index (χ0v) is 13.6. The van der Waals surface area contributed by atoms with E-state index in [9.17, 15) is 0 Å². The molecule has 0 radical (unpaired) electrons. The molecule has 6 heteroatoms. The fourth-order valence-electron chi connectivity index (χ4n) is 1.92. The van der Waals surface area contributed by atoms with Crippen LogP contribution in [0.5, 0.6) is 0 Å². The predicted molar refractivity (Wildman–Crippen MR) is 83.8 cm³/mol. The molecule has 0 aliphatic carbocycles. The highest BCUT2D eigenvalue weighted by Gasteiger charge is 2.12. The van der Waals surface area contributed by atoms with Crippen molar-refractivity contribution < 1.29 is 0 Å². The lowest BCUT2D eigenvalue weighted by Crippen LogP contribution is -2.06. The number of rotatable bonds is 4. The molecule has 0 spiro atoms. The smallest absolute Gasteiger partial charge is 0.0992 e. The van der Waals surface area contributed by atoms with Crippen LogP contribution < -0.4 is 5.32 Å². The van der Waals surface area contributed by atoms with Crippen LogP contribution in [0.2, 0.25) is 5.02 Å². The molecule has 0 atom stereocenters. The van der Waals surface area contributed by atoms with Crippen LogP contribution in [0.3, 0.4) is 0 Å². The maximum atomic E-state index is 8.82. The van der Waals surface area contributed by atoms with E-state index in [1.807, 2.05) is 17.8 Å². The number of nitrogens with one attached hydrogen (secondary N) is 1. The molecule has 104 valence electrons. The molecule has 0 amide bonds. The van der Waals surface area contributed by atoms with E-state index in [1.165, 1.54) is 0 Å². The largest absolute Gasteiger partial charge is 0.378 e. The molecule has 0 bridgehead atoms. The van der Waals surface area contributed by atoms with Crippen LogP contribution in [0.4, 0.5) is 5.69 Å². The molecule has 20 heavy (non-hydrogen) atoms. The minimum atomic E-state index is 0.540. The summed E-state index contributed by atoms with van der Waals surface area (Å²) >= 11 is 9.72. The molecule has 2 aromatic rings. The number of hydrogen-bond donors (Lipinski definition) is 1. The SMILES string of the molecule is CCc1nn(C)c(CNc2ccc(C#N)cc2Cl)c1Br. The summed E-state index contributed by atoms with van der Waals surface area (Å²) in [5, 5.41) is 17.1. The number of anilines is 1. The van der Waals surface area contributed by atoms with Gasteiger partial charge >= 0.3 is 0 Å². The van der Waals surface area contributed by atoms with E-state index in [2.05, 4.69) is 39.3 Å². The van der Waals surface area contributed by atoms with Crippen LogP contribution in [-0.4, -0.2) is 9.78 Å². The van der Waals surface area contributed by atoms with Gasteiger partial charge < -0.3 is 5.32 Å². The van der Waals surface area contributed by atoms with Gasteiger partial charge in [0.15, 0.2) is 0 Å². The molecule has 1 aromatic heterocycles. The second kappa shape index (κ2) is 6.29. The Kier molecular flexibility index (Phi) is 4.69. The molecule has 0 saturated heterocycles. The second-order valence-corrected chi connectivity index (χ2v) is 5.54. The van der Waals surface area contributed by atoms with E-state index in [1.54, 1.807) is 12.1 Å². The standard InChI is InChI=1S/C14H14BrClN4/c1-3-11-14(15)13(20(2)19-11)8-18-12-5-4-9(7-17)6-10(12)16/h4-6,18H,3,8H2,1-2H3. The van der Waals surface area contributed by atoms with Crippen molar-refractivity contribution in [3.05, 3.63) is 44.6 Å². The summed E-state index contributed by atoms with van der Waals surface area (Å²) in [4.78, 5) is 0. The summed E-state index contributed by atoms with van der Waals surface area (Å²) in [5.74, 6) is 0. The Hall–Kier alpha value is -1.51. The van der Waals surface area contributed by atoms with Crippen molar-refractivity contribution in [1.82, 2.24) is 9.78 Å². The van der Waals surface area contributed by atoms with Crippen molar-refractivity contribution in [2.24, 2.45) is 7.05 Å². The summed E-state index contributed by atoms with van der Waals surface area (Å²) in [6, 6.07) is 7.27. The number of benzene rings is 1. The quantitative estimate of drug-likeness (QED) is 0.907. The van der Waals surface area contributed by atoms with Crippen LogP contribution >= 0.6 is 27.5 Å². The Morgan fingerprint density at radius 3 is 2.80 bits per heavy atom. The van der Waals surface area contributed by atoms with Crippen LogP contribution in [0.15, 0.2) is 22.7 Å². The monoisotopic (exact) mass is 352 g/mol. The summed E-state index contributed by atoms with van der Waals surface area (Å²) in [6.07, 6.45) is 0.881. The minimum absolute atomic E-state index is 0.540. The van der Waals surface area contributed by atoms with E-state index >= 15 is 0 Å². The number of aromatic nitrogens is 2. The Bertz CT molecular complexity index is 673. The van der Waals surface area contributed by atoms with Crippen molar-refractivity contribution in [1.29, 1.82) is 5.26 Å². The third-order valence-electron chi connectivity index (χ3n) is 3.05. The maximum Gasteiger partial charge on any atom is 0.0992 e. The van der Waals surface area contributed by atoms with Gasteiger partial charge in [0.2, 0.25) is 0 Å². The molecule has 4 nitrogen and oxygen atoms in total. The van der Waals surface area contributed by atoms with Gasteiger partial charge in [0, 0.05) is 7.05 Å². The summed E-state index contributed by atoms with van der Waals surface area (Å²) < 4.78 is 2.88. The fraction of sp³-hybridized carbons (Fsp3) is 0.286. The number of hydrogen-bond acceptors (Lipinski definition) is 3. The van der Waals surface area contributed by atoms with E-state index in [0.717, 1.165) is 28.0 Å². The first-order chi connectivity index (χ1) is 9.56. The molecular formula is C14H14BrClN4. The lowest BCUT2D eigenvalue weighted by Gasteiger charge is -2.09. The molecule has 0 aliphatic heterocycles. The van der Waals surface area contributed by atoms with E-state index in [0.29, 0.717) is 17.1 Å². The van der Waals surface area contributed by atoms with E-state index in [4.69, 9.17) is 16.9 Å². The fourth-order valence-corrected chi connectivity index (χ4v) is 2.92. The van der Waals surface area contributed by atoms with Crippen molar-refractivity contribution in [3.8, 4) is 6.07 Å². The highest BCUT2D eigenvalue weighted by atomic mass is 79.9. The van der Waals surface area contributed by atoms with Crippen molar-refractivity contribution in [2.45, 2.75) is 19.9 Å². The number of aryl methyl sites for hydroxylation is 2. The molecule has 1 heterocycles.